The summed E-state index contributed by atoms with van der Waals surface area (Å²) in [6.07, 6.45) is 6.81. The SMILES string of the molecule is COCCNc1ncc(-c2cnccn2)c(-c2cccs2)n1. The maximum absolute atomic E-state index is 5.02. The van der Waals surface area contributed by atoms with Crippen LogP contribution >= 0.6 is 11.3 Å². The summed E-state index contributed by atoms with van der Waals surface area (Å²) in [5, 5.41) is 5.17. The molecule has 0 saturated heterocycles. The van der Waals surface area contributed by atoms with E-state index in [0.29, 0.717) is 19.1 Å². The number of aromatic nitrogens is 4. The highest BCUT2D eigenvalue weighted by molar-refractivity contribution is 7.13. The largest absolute Gasteiger partial charge is 0.383 e. The lowest BCUT2D eigenvalue weighted by Crippen LogP contribution is -2.10. The minimum atomic E-state index is 0.577. The molecule has 6 nitrogen and oxygen atoms in total. The van der Waals surface area contributed by atoms with Gasteiger partial charge in [-0.15, -0.1) is 11.3 Å². The number of hydrogen-bond donors (Lipinski definition) is 1. The minimum absolute atomic E-state index is 0.577. The number of methoxy groups -OCH3 is 1. The summed E-state index contributed by atoms with van der Waals surface area (Å²) in [4.78, 5) is 18.5. The van der Waals surface area contributed by atoms with Crippen molar-refractivity contribution in [3.63, 3.8) is 0 Å². The van der Waals surface area contributed by atoms with E-state index in [1.165, 1.54) is 0 Å². The van der Waals surface area contributed by atoms with E-state index in [1.54, 1.807) is 43.2 Å². The molecule has 3 rings (SSSR count). The molecule has 3 heterocycles. The first kappa shape index (κ1) is 14.6. The zero-order valence-electron chi connectivity index (χ0n) is 12.1. The smallest absolute Gasteiger partial charge is 0.223 e. The van der Waals surface area contributed by atoms with Crippen LogP contribution in [0.1, 0.15) is 0 Å². The normalized spacial score (nSPS) is 10.6. The summed E-state index contributed by atoms with van der Waals surface area (Å²) in [5.41, 5.74) is 2.48. The second-order valence-corrected chi connectivity index (χ2v) is 5.39. The van der Waals surface area contributed by atoms with Crippen molar-refractivity contribution in [1.29, 1.82) is 0 Å². The van der Waals surface area contributed by atoms with E-state index in [2.05, 4.69) is 25.3 Å². The summed E-state index contributed by atoms with van der Waals surface area (Å²) in [5.74, 6) is 0.577. The monoisotopic (exact) mass is 313 g/mol. The molecule has 7 heteroatoms. The van der Waals surface area contributed by atoms with E-state index in [0.717, 1.165) is 21.8 Å². The second-order valence-electron chi connectivity index (χ2n) is 4.44. The van der Waals surface area contributed by atoms with Gasteiger partial charge >= 0.3 is 0 Å². The third kappa shape index (κ3) is 3.26. The van der Waals surface area contributed by atoms with Gasteiger partial charge in [0.15, 0.2) is 0 Å². The van der Waals surface area contributed by atoms with Crippen LogP contribution in [0.2, 0.25) is 0 Å². The Kier molecular flexibility index (Phi) is 4.67. The highest BCUT2D eigenvalue weighted by Gasteiger charge is 2.13. The summed E-state index contributed by atoms with van der Waals surface area (Å²) >= 11 is 1.63. The van der Waals surface area contributed by atoms with Gasteiger partial charge in [0.05, 0.1) is 29.1 Å². The molecule has 0 saturated carbocycles. The predicted octanol–water partition coefficient (Wildman–Crippen LogP) is 2.72. The molecule has 0 bridgehead atoms. The molecule has 3 aromatic heterocycles. The lowest BCUT2D eigenvalue weighted by atomic mass is 10.1. The van der Waals surface area contributed by atoms with Crippen LogP contribution in [0.5, 0.6) is 0 Å². The zero-order valence-corrected chi connectivity index (χ0v) is 12.9. The van der Waals surface area contributed by atoms with Gasteiger partial charge in [-0.25, -0.2) is 9.97 Å². The second kappa shape index (κ2) is 7.06. The third-order valence-electron chi connectivity index (χ3n) is 2.97. The van der Waals surface area contributed by atoms with Gasteiger partial charge < -0.3 is 10.1 Å². The molecule has 3 aromatic rings. The lowest BCUT2D eigenvalue weighted by molar-refractivity contribution is 0.210. The summed E-state index contributed by atoms with van der Waals surface area (Å²) in [6, 6.07) is 4.03. The molecule has 0 radical (unpaired) electrons. The average molecular weight is 313 g/mol. The number of anilines is 1. The number of hydrogen-bond acceptors (Lipinski definition) is 7. The number of nitrogens with one attached hydrogen (secondary N) is 1. The van der Waals surface area contributed by atoms with Crippen LogP contribution in [-0.2, 0) is 4.74 Å². The van der Waals surface area contributed by atoms with Crippen LogP contribution in [0.3, 0.4) is 0 Å². The molecule has 0 amide bonds. The first-order chi connectivity index (χ1) is 10.9. The standard InChI is InChI=1S/C15H15N5OS/c1-21-7-6-18-15-19-9-11(12-10-16-4-5-17-12)14(20-15)13-3-2-8-22-13/h2-5,8-10H,6-7H2,1H3,(H,18,19,20). The summed E-state index contributed by atoms with van der Waals surface area (Å²) in [6.45, 7) is 1.26. The van der Waals surface area contributed by atoms with Crippen LogP contribution in [0.4, 0.5) is 5.95 Å². The van der Waals surface area contributed by atoms with Crippen molar-refractivity contribution in [2.75, 3.05) is 25.6 Å². The Bertz CT molecular complexity index is 718. The molecule has 0 atom stereocenters. The Balaban J connectivity index is 1.99. The molecule has 0 aromatic carbocycles. The zero-order chi connectivity index (χ0) is 15.2. The molecule has 0 aliphatic rings. The van der Waals surface area contributed by atoms with Crippen molar-refractivity contribution in [1.82, 2.24) is 19.9 Å². The van der Waals surface area contributed by atoms with E-state index >= 15 is 0 Å². The number of rotatable bonds is 6. The van der Waals surface area contributed by atoms with Crippen molar-refractivity contribution in [3.8, 4) is 21.8 Å². The molecule has 0 aliphatic heterocycles. The number of nitrogens with zero attached hydrogens (tertiary/aromatic N) is 4. The maximum atomic E-state index is 5.02. The maximum Gasteiger partial charge on any atom is 0.223 e. The Morgan fingerprint density at radius 1 is 1.23 bits per heavy atom. The number of thiophene rings is 1. The summed E-state index contributed by atoms with van der Waals surface area (Å²) in [7, 11) is 1.66. The van der Waals surface area contributed by atoms with Crippen LogP contribution in [0.15, 0.2) is 42.3 Å². The van der Waals surface area contributed by atoms with Crippen LogP contribution in [-0.4, -0.2) is 40.2 Å². The molecule has 1 N–H and O–H groups in total. The van der Waals surface area contributed by atoms with Crippen molar-refractivity contribution in [3.05, 3.63) is 42.3 Å². The fourth-order valence-electron chi connectivity index (χ4n) is 1.96. The van der Waals surface area contributed by atoms with Crippen LogP contribution in [0, 0.1) is 0 Å². The van der Waals surface area contributed by atoms with E-state index in [4.69, 9.17) is 4.74 Å². The van der Waals surface area contributed by atoms with Gasteiger partial charge in [-0.05, 0) is 11.4 Å². The molecule has 112 valence electrons. The average Bonchev–Trinajstić information content (AvgIpc) is 3.10. The van der Waals surface area contributed by atoms with Crippen molar-refractivity contribution in [2.24, 2.45) is 0 Å². The fraction of sp³-hybridized carbons (Fsp3) is 0.200. The molecule has 0 unspecified atom stereocenters. The van der Waals surface area contributed by atoms with Crippen LogP contribution < -0.4 is 5.32 Å². The van der Waals surface area contributed by atoms with Crippen molar-refractivity contribution >= 4 is 17.3 Å². The van der Waals surface area contributed by atoms with Gasteiger partial charge in [-0.2, -0.15) is 0 Å². The van der Waals surface area contributed by atoms with E-state index in [1.807, 2.05) is 17.5 Å². The van der Waals surface area contributed by atoms with E-state index in [9.17, 15) is 0 Å². The Labute approximate surface area is 132 Å². The third-order valence-corrected chi connectivity index (χ3v) is 3.85. The molecule has 0 spiro atoms. The molecular formula is C15H15N5OS. The van der Waals surface area contributed by atoms with Gasteiger partial charge in [0.1, 0.15) is 0 Å². The first-order valence-electron chi connectivity index (χ1n) is 6.78. The molecule has 22 heavy (non-hydrogen) atoms. The Morgan fingerprint density at radius 3 is 2.91 bits per heavy atom. The Hall–Kier alpha value is -2.38. The number of ether oxygens (including phenoxy) is 1. The molecule has 0 aliphatic carbocycles. The van der Waals surface area contributed by atoms with Gasteiger partial charge in [0, 0.05) is 37.8 Å². The van der Waals surface area contributed by atoms with Gasteiger partial charge in [0.25, 0.3) is 0 Å². The Morgan fingerprint density at radius 2 is 2.18 bits per heavy atom. The van der Waals surface area contributed by atoms with E-state index < -0.39 is 0 Å². The fourth-order valence-corrected chi connectivity index (χ4v) is 2.69. The first-order valence-corrected chi connectivity index (χ1v) is 7.66. The molecule has 0 fully saturated rings. The van der Waals surface area contributed by atoms with E-state index in [-0.39, 0.29) is 0 Å². The molecular weight excluding hydrogens is 298 g/mol. The van der Waals surface area contributed by atoms with Gasteiger partial charge in [-0.3, -0.25) is 9.97 Å². The summed E-state index contributed by atoms with van der Waals surface area (Å²) < 4.78 is 5.02. The minimum Gasteiger partial charge on any atom is -0.383 e. The van der Waals surface area contributed by atoms with Gasteiger partial charge in [0.2, 0.25) is 5.95 Å². The quantitative estimate of drug-likeness (QED) is 0.705. The van der Waals surface area contributed by atoms with Crippen LogP contribution in [0.25, 0.3) is 21.8 Å². The highest BCUT2D eigenvalue weighted by Crippen LogP contribution is 2.32. The van der Waals surface area contributed by atoms with Crippen molar-refractivity contribution < 1.29 is 4.74 Å². The highest BCUT2D eigenvalue weighted by atomic mass is 32.1. The van der Waals surface area contributed by atoms with Gasteiger partial charge in [-0.1, -0.05) is 6.07 Å². The topological polar surface area (TPSA) is 72.8 Å². The van der Waals surface area contributed by atoms with Crippen molar-refractivity contribution in [2.45, 2.75) is 0 Å². The lowest BCUT2D eigenvalue weighted by Gasteiger charge is -2.09. The predicted molar refractivity (Wildman–Crippen MR) is 86.7 cm³/mol.